The van der Waals surface area contributed by atoms with Gasteiger partial charge in [0.2, 0.25) is 11.8 Å². The first-order valence-corrected chi connectivity index (χ1v) is 23.2. The summed E-state index contributed by atoms with van der Waals surface area (Å²) in [6.07, 6.45) is 6.43. The summed E-state index contributed by atoms with van der Waals surface area (Å²) in [6.45, 7) is 7.70. The van der Waals surface area contributed by atoms with Gasteiger partial charge in [-0.3, -0.25) is 14.4 Å². The molecule has 1 aliphatic carbocycles. The van der Waals surface area contributed by atoms with Crippen molar-refractivity contribution in [1.82, 2.24) is 30.8 Å². The molecule has 6 atom stereocenters. The Kier molecular flexibility index (Phi) is 14.3. The molecule has 5 N–H and O–H groups in total. The number of nitrogens with zero attached hydrogens (tertiary/aromatic N) is 4. The van der Waals surface area contributed by atoms with Gasteiger partial charge in [0.1, 0.15) is 40.9 Å². The van der Waals surface area contributed by atoms with E-state index in [1.807, 2.05) is 82.4 Å². The van der Waals surface area contributed by atoms with Crippen LogP contribution in [0.4, 0.5) is 15.6 Å². The first kappa shape index (κ1) is 46.8. The van der Waals surface area contributed by atoms with Gasteiger partial charge < -0.3 is 45.6 Å². The minimum atomic E-state index is -1.50. The molecule has 4 amide bonds. The van der Waals surface area contributed by atoms with E-state index in [1.54, 1.807) is 37.4 Å². The molecule has 7 rings (SSSR count). The largest absolute Gasteiger partial charge is 0.497 e. The van der Waals surface area contributed by atoms with Crippen molar-refractivity contribution in [3.63, 3.8) is 0 Å². The van der Waals surface area contributed by atoms with Crippen molar-refractivity contribution in [2.24, 2.45) is 11.8 Å². The molecule has 0 radical (unpaired) electrons. The normalized spacial score (nSPS) is 23.3. The molecule has 2 aromatic carbocycles. The van der Waals surface area contributed by atoms with E-state index in [9.17, 15) is 29.1 Å². The van der Waals surface area contributed by atoms with Crippen LogP contribution in [0.5, 0.6) is 11.5 Å². The fraction of sp³-hybridized carbons (Fsp3) is 0.479. The SMILES string of the molecule is COc1ccc2c(O[C@@H]3C[C@H]4C(=O)N[C@]5(C(=O)O)CC5/C=C\CCCCC[C@@H](NC(=O)N[C@H](C(=O)c5ccc(N(C)C)cc5)C(C)C)C(=O)N4C3)cc(-c3csc(NC(C)C)n3)nc2c1. The number of amides is 4. The Balaban J connectivity index is 1.19. The first-order valence-electron chi connectivity index (χ1n) is 22.4. The second-order valence-corrected chi connectivity index (χ2v) is 18.9. The van der Waals surface area contributed by atoms with Crippen LogP contribution in [0.15, 0.2) is 66.1 Å². The van der Waals surface area contributed by atoms with E-state index < -0.39 is 59.5 Å². The number of aliphatic carboxylic acids is 1. The summed E-state index contributed by atoms with van der Waals surface area (Å²) in [5.41, 5.74) is 1.62. The number of benzene rings is 2. The lowest BCUT2D eigenvalue weighted by atomic mass is 9.95. The third-order valence-electron chi connectivity index (χ3n) is 12.3. The number of nitrogens with one attached hydrogen (secondary N) is 4. The van der Waals surface area contributed by atoms with E-state index >= 15 is 0 Å². The highest BCUT2D eigenvalue weighted by atomic mass is 32.1. The molecule has 0 spiro atoms. The minimum absolute atomic E-state index is 0.0371. The molecule has 1 unspecified atom stereocenters. The van der Waals surface area contributed by atoms with Gasteiger partial charge in [-0.25, -0.2) is 19.6 Å². The quantitative estimate of drug-likeness (QED) is 0.0707. The van der Waals surface area contributed by atoms with Gasteiger partial charge >= 0.3 is 12.0 Å². The smallest absolute Gasteiger partial charge is 0.330 e. The van der Waals surface area contributed by atoms with Crippen LogP contribution in [-0.4, -0.2) is 113 Å². The Morgan fingerprint density at radius 1 is 1.00 bits per heavy atom. The zero-order chi connectivity index (χ0) is 46.6. The van der Waals surface area contributed by atoms with E-state index in [0.717, 1.165) is 23.7 Å². The minimum Gasteiger partial charge on any atom is -0.497 e. The molecule has 17 heteroatoms. The number of fused-ring (bicyclic) bond motifs is 3. The van der Waals surface area contributed by atoms with E-state index in [-0.39, 0.29) is 43.6 Å². The van der Waals surface area contributed by atoms with Crippen LogP contribution in [0.25, 0.3) is 22.3 Å². The molecule has 65 heavy (non-hydrogen) atoms. The number of methoxy groups -OCH3 is 1. The van der Waals surface area contributed by atoms with Crippen LogP contribution in [0.1, 0.15) is 83.0 Å². The molecular weight excluding hydrogens is 849 g/mol. The Bertz CT molecular complexity index is 2440. The Hall–Kier alpha value is -6.23. The number of ether oxygens (including phenoxy) is 2. The fourth-order valence-electron chi connectivity index (χ4n) is 8.54. The Morgan fingerprint density at radius 2 is 1.77 bits per heavy atom. The summed E-state index contributed by atoms with van der Waals surface area (Å²) >= 11 is 1.45. The predicted octanol–water partition coefficient (Wildman–Crippen LogP) is 6.66. The monoisotopic (exact) mass is 908 g/mol. The number of Topliss-reactive ketones (excluding diaryl/α,β-unsaturated/α-hetero) is 1. The summed E-state index contributed by atoms with van der Waals surface area (Å²) in [7, 11) is 5.39. The lowest BCUT2D eigenvalue weighted by Crippen LogP contribution is -2.58. The average Bonchev–Trinajstić information content (AvgIpc) is 3.53. The number of urea groups is 1. The average molecular weight is 909 g/mol. The molecule has 1 saturated heterocycles. The lowest BCUT2D eigenvalue weighted by Gasteiger charge is -2.30. The molecule has 4 aromatic rings. The van der Waals surface area contributed by atoms with E-state index in [2.05, 4.69) is 21.3 Å². The van der Waals surface area contributed by atoms with Crippen molar-refractivity contribution in [2.45, 2.75) is 108 Å². The van der Waals surface area contributed by atoms with Gasteiger partial charge in [0.25, 0.3) is 0 Å². The maximum atomic E-state index is 14.9. The van der Waals surface area contributed by atoms with E-state index in [1.165, 1.54) is 16.2 Å². The molecule has 2 aromatic heterocycles. The van der Waals surface area contributed by atoms with Gasteiger partial charge in [-0.2, -0.15) is 0 Å². The van der Waals surface area contributed by atoms with Gasteiger partial charge in [0.15, 0.2) is 10.9 Å². The number of carboxylic acid groups (broad SMARTS) is 1. The van der Waals surface area contributed by atoms with Gasteiger partial charge in [-0.05, 0) is 81.8 Å². The third-order valence-corrected chi connectivity index (χ3v) is 13.1. The van der Waals surface area contributed by atoms with Crippen LogP contribution in [0.2, 0.25) is 0 Å². The maximum absolute atomic E-state index is 14.9. The van der Waals surface area contributed by atoms with Gasteiger partial charge in [0, 0.05) is 66.6 Å². The van der Waals surface area contributed by atoms with Crippen molar-refractivity contribution >= 4 is 62.7 Å². The number of ketones is 1. The number of thiazole rings is 1. The lowest BCUT2D eigenvalue weighted by molar-refractivity contribution is -0.145. The molecule has 4 heterocycles. The van der Waals surface area contributed by atoms with Crippen LogP contribution in [0, 0.1) is 11.8 Å². The number of carboxylic acids is 1. The number of rotatable bonds is 13. The number of aromatic nitrogens is 2. The second kappa shape index (κ2) is 19.9. The number of allylic oxidation sites excluding steroid dienone is 1. The molecule has 2 fully saturated rings. The predicted molar refractivity (Wildman–Crippen MR) is 251 cm³/mol. The summed E-state index contributed by atoms with van der Waals surface area (Å²) < 4.78 is 12.3. The van der Waals surface area contributed by atoms with Crippen LogP contribution in [0.3, 0.4) is 0 Å². The molecule has 16 nitrogen and oxygen atoms in total. The molecule has 0 bridgehead atoms. The zero-order valence-electron chi connectivity index (χ0n) is 38.1. The van der Waals surface area contributed by atoms with Crippen molar-refractivity contribution in [1.29, 1.82) is 0 Å². The van der Waals surface area contributed by atoms with Gasteiger partial charge in [-0.1, -0.05) is 38.8 Å². The highest BCUT2D eigenvalue weighted by Gasteiger charge is 2.61. The second-order valence-electron chi connectivity index (χ2n) is 18.0. The first-order chi connectivity index (χ1) is 31.1. The van der Waals surface area contributed by atoms with Crippen molar-refractivity contribution in [3.8, 4) is 22.9 Å². The van der Waals surface area contributed by atoms with Crippen molar-refractivity contribution < 1.29 is 38.6 Å². The molecule has 1 saturated carbocycles. The van der Waals surface area contributed by atoms with Gasteiger partial charge in [-0.15, -0.1) is 11.3 Å². The molecule has 346 valence electrons. The third kappa shape index (κ3) is 10.7. The van der Waals surface area contributed by atoms with Crippen LogP contribution < -0.4 is 35.6 Å². The van der Waals surface area contributed by atoms with Crippen LogP contribution >= 0.6 is 11.3 Å². The van der Waals surface area contributed by atoms with E-state index in [0.29, 0.717) is 52.2 Å². The fourth-order valence-corrected chi connectivity index (χ4v) is 9.39. The van der Waals surface area contributed by atoms with Crippen molar-refractivity contribution in [3.05, 3.63) is 71.6 Å². The van der Waals surface area contributed by atoms with Crippen LogP contribution in [-0.2, 0) is 14.4 Å². The molecular formula is C48H60N8O8S. The summed E-state index contributed by atoms with van der Waals surface area (Å²) in [5, 5.41) is 25.6. The molecule has 3 aliphatic rings. The number of pyridine rings is 1. The zero-order valence-corrected chi connectivity index (χ0v) is 38.9. The number of hydrogen-bond acceptors (Lipinski definition) is 12. The Labute approximate surface area is 383 Å². The molecule has 2 aliphatic heterocycles. The number of carbonyl (C=O) groups excluding carboxylic acids is 4. The highest BCUT2D eigenvalue weighted by Crippen LogP contribution is 2.45. The van der Waals surface area contributed by atoms with Crippen molar-refractivity contribution in [2.75, 3.05) is 38.0 Å². The van der Waals surface area contributed by atoms with E-state index in [4.69, 9.17) is 19.4 Å². The summed E-state index contributed by atoms with van der Waals surface area (Å²) in [5.74, 6) is -2.19. The Morgan fingerprint density at radius 3 is 2.46 bits per heavy atom. The maximum Gasteiger partial charge on any atom is 0.330 e. The van der Waals surface area contributed by atoms with Gasteiger partial charge in [0.05, 0.1) is 30.9 Å². The number of anilines is 2. The highest BCUT2D eigenvalue weighted by molar-refractivity contribution is 7.14. The number of carbonyl (C=O) groups is 5. The number of hydrogen-bond donors (Lipinski definition) is 5. The topological polar surface area (TPSA) is 204 Å². The summed E-state index contributed by atoms with van der Waals surface area (Å²) in [4.78, 5) is 82.8. The standard InChI is InChI=1S/C48H60N8O8S/c1-27(2)41(42(57)29-15-17-31(18-16-29)55(5)6)53-46(62)51-35-14-12-10-8-9-11-13-30-24-48(30,45(60)61)54-43(58)39-22-33(25-56(39)44(35)59)64-40-23-37(38-26-65-47(52-38)49-28(3)4)50-36-21-32(63-7)19-20-34(36)40/h11,13,15-21,23,26-28,30,33,35,39,41H,8-10,12,14,22,24-25H2,1-7H3,(H,49,52)(H,54,58)(H,60,61)(H2,51,53,62)/b13-11-/t30?,33-,35-,39+,41+,48-/m1/s1. The summed E-state index contributed by atoms with van der Waals surface area (Å²) in [6, 6.07) is 10.7.